The zero-order chi connectivity index (χ0) is 11.3. The third-order valence-electron chi connectivity index (χ3n) is 2.34. The predicted molar refractivity (Wildman–Crippen MR) is 61.6 cm³/mol. The quantitative estimate of drug-likeness (QED) is 0.593. The van der Waals surface area contributed by atoms with E-state index in [0.29, 0.717) is 21.0 Å². The number of nitrogens with one attached hydrogen (secondary N) is 2. The Morgan fingerprint density at radius 2 is 2.12 bits per heavy atom. The van der Waals surface area contributed by atoms with Crippen LogP contribution < -0.4 is 11.2 Å². The molecule has 0 spiro atoms. The number of H-pyrrole nitrogens is 2. The van der Waals surface area contributed by atoms with Gasteiger partial charge in [-0.2, -0.15) is 5.10 Å². The van der Waals surface area contributed by atoms with Crippen molar-refractivity contribution in [3.8, 4) is 0 Å². The fourth-order valence-electron chi connectivity index (χ4n) is 1.71. The Morgan fingerprint density at radius 3 is 2.94 bits per heavy atom. The van der Waals surface area contributed by atoms with Crippen molar-refractivity contribution in [2.45, 2.75) is 0 Å². The molecule has 0 saturated carbocycles. The fourth-order valence-corrected chi connectivity index (χ4v) is 2.22. The van der Waals surface area contributed by atoms with E-state index >= 15 is 0 Å². The molecular formula is C9H5BrN4O2. The molecule has 2 N–H and O–H groups in total. The summed E-state index contributed by atoms with van der Waals surface area (Å²) in [4.78, 5) is 27.6. The summed E-state index contributed by atoms with van der Waals surface area (Å²) in [6.07, 6.45) is 1.59. The molecule has 7 heteroatoms. The minimum atomic E-state index is -0.520. The lowest BCUT2D eigenvalue weighted by Crippen LogP contribution is -2.22. The Bertz CT molecular complexity index is 814. The summed E-state index contributed by atoms with van der Waals surface area (Å²) in [6, 6.07) is 3.35. The largest absolute Gasteiger partial charge is 0.326 e. The van der Waals surface area contributed by atoms with E-state index in [0.717, 1.165) is 0 Å². The monoisotopic (exact) mass is 280 g/mol. The molecule has 6 nitrogen and oxygen atoms in total. The summed E-state index contributed by atoms with van der Waals surface area (Å²) < 4.78 is 2.25. The second-order valence-corrected chi connectivity index (χ2v) is 4.10. The normalized spacial score (nSPS) is 11.3. The van der Waals surface area contributed by atoms with Gasteiger partial charge in [0.1, 0.15) is 4.60 Å². The van der Waals surface area contributed by atoms with Gasteiger partial charge in [0.25, 0.3) is 5.56 Å². The van der Waals surface area contributed by atoms with Crippen molar-refractivity contribution in [3.63, 3.8) is 0 Å². The van der Waals surface area contributed by atoms with Crippen LogP contribution in [0.1, 0.15) is 0 Å². The van der Waals surface area contributed by atoms with Crippen LogP contribution in [-0.2, 0) is 0 Å². The molecule has 0 amide bonds. The van der Waals surface area contributed by atoms with Gasteiger partial charge >= 0.3 is 5.69 Å². The first-order chi connectivity index (χ1) is 7.66. The van der Waals surface area contributed by atoms with E-state index < -0.39 is 11.2 Å². The fraction of sp³-hybridized carbons (Fsp3) is 0. The SMILES string of the molecule is O=c1[nH]c(=O)c2c(cc(Br)n3nccc23)[nH]1. The van der Waals surface area contributed by atoms with Crippen molar-refractivity contribution in [1.29, 1.82) is 0 Å². The number of fused-ring (bicyclic) bond motifs is 3. The molecule has 0 unspecified atom stereocenters. The second kappa shape index (κ2) is 3.05. The maximum atomic E-state index is 11.7. The van der Waals surface area contributed by atoms with Gasteiger partial charge < -0.3 is 4.98 Å². The zero-order valence-corrected chi connectivity index (χ0v) is 9.41. The molecule has 0 aliphatic carbocycles. The van der Waals surface area contributed by atoms with Crippen molar-refractivity contribution in [1.82, 2.24) is 19.6 Å². The first kappa shape index (κ1) is 9.34. The van der Waals surface area contributed by atoms with E-state index in [4.69, 9.17) is 0 Å². The molecule has 0 aromatic carbocycles. The zero-order valence-electron chi connectivity index (χ0n) is 7.82. The Kier molecular flexibility index (Phi) is 1.78. The van der Waals surface area contributed by atoms with Crippen LogP contribution in [0.2, 0.25) is 0 Å². The number of halogens is 1. The van der Waals surface area contributed by atoms with Crippen molar-refractivity contribution in [2.75, 3.05) is 0 Å². The Labute approximate surface area is 96.0 Å². The van der Waals surface area contributed by atoms with Crippen LogP contribution in [0.3, 0.4) is 0 Å². The number of aromatic amines is 2. The Hall–Kier alpha value is -1.89. The number of pyridine rings is 1. The second-order valence-electron chi connectivity index (χ2n) is 3.29. The standard InChI is InChI=1S/C9H5BrN4O2/c10-6-3-4-7(5-1-2-11-14(5)6)8(15)13-9(16)12-4/h1-3H,(H2,12,13,15,16). The van der Waals surface area contributed by atoms with Crippen LogP contribution in [0.15, 0.2) is 32.5 Å². The van der Waals surface area contributed by atoms with E-state index in [-0.39, 0.29) is 0 Å². The molecule has 0 radical (unpaired) electrons. The summed E-state index contributed by atoms with van der Waals surface area (Å²) in [5.41, 5.74) is 0.181. The summed E-state index contributed by atoms with van der Waals surface area (Å²) in [5.74, 6) is 0. The molecule has 80 valence electrons. The third kappa shape index (κ3) is 1.15. The topological polar surface area (TPSA) is 83.0 Å². The molecular weight excluding hydrogens is 276 g/mol. The third-order valence-corrected chi connectivity index (χ3v) is 2.90. The van der Waals surface area contributed by atoms with Crippen LogP contribution in [0.4, 0.5) is 0 Å². The number of hydrogen-bond acceptors (Lipinski definition) is 3. The average Bonchev–Trinajstić information content (AvgIpc) is 2.65. The Balaban J connectivity index is 2.75. The van der Waals surface area contributed by atoms with Crippen molar-refractivity contribution < 1.29 is 0 Å². The molecule has 0 atom stereocenters. The van der Waals surface area contributed by atoms with Gasteiger partial charge in [-0.05, 0) is 28.1 Å². The summed E-state index contributed by atoms with van der Waals surface area (Å²) in [7, 11) is 0. The highest BCUT2D eigenvalue weighted by molar-refractivity contribution is 9.10. The molecule has 3 aromatic heterocycles. The van der Waals surface area contributed by atoms with Crippen LogP contribution >= 0.6 is 15.9 Å². The van der Waals surface area contributed by atoms with Crippen LogP contribution in [0, 0.1) is 0 Å². The van der Waals surface area contributed by atoms with Crippen molar-refractivity contribution in [3.05, 3.63) is 43.8 Å². The average molecular weight is 281 g/mol. The van der Waals surface area contributed by atoms with Gasteiger partial charge in [-0.1, -0.05) is 0 Å². The number of hydrogen-bond donors (Lipinski definition) is 2. The molecule has 3 rings (SSSR count). The van der Waals surface area contributed by atoms with Crippen LogP contribution in [0.25, 0.3) is 16.4 Å². The molecule has 0 fully saturated rings. The minimum Gasteiger partial charge on any atom is -0.307 e. The molecule has 0 saturated heterocycles. The smallest absolute Gasteiger partial charge is 0.307 e. The highest BCUT2D eigenvalue weighted by Gasteiger charge is 2.09. The molecule has 0 aliphatic heterocycles. The Morgan fingerprint density at radius 1 is 1.31 bits per heavy atom. The van der Waals surface area contributed by atoms with Gasteiger partial charge in [-0.15, -0.1) is 0 Å². The van der Waals surface area contributed by atoms with Gasteiger partial charge in [-0.3, -0.25) is 9.78 Å². The maximum absolute atomic E-state index is 11.7. The molecule has 0 aliphatic rings. The highest BCUT2D eigenvalue weighted by Crippen LogP contribution is 2.19. The van der Waals surface area contributed by atoms with Gasteiger partial charge in [0, 0.05) is 0 Å². The first-order valence-corrected chi connectivity index (χ1v) is 5.25. The molecule has 3 aromatic rings. The van der Waals surface area contributed by atoms with E-state index in [1.807, 2.05) is 0 Å². The lowest BCUT2D eigenvalue weighted by Gasteiger charge is -2.01. The number of rotatable bonds is 0. The van der Waals surface area contributed by atoms with Crippen LogP contribution in [0.5, 0.6) is 0 Å². The summed E-state index contributed by atoms with van der Waals surface area (Å²) >= 11 is 3.31. The molecule has 16 heavy (non-hydrogen) atoms. The number of nitrogens with zero attached hydrogens (tertiary/aromatic N) is 2. The van der Waals surface area contributed by atoms with Crippen LogP contribution in [-0.4, -0.2) is 19.6 Å². The first-order valence-electron chi connectivity index (χ1n) is 4.45. The predicted octanol–water partition coefficient (Wildman–Crippen LogP) is 0.627. The van der Waals surface area contributed by atoms with E-state index in [1.165, 1.54) is 0 Å². The number of aromatic nitrogens is 4. The molecule has 0 bridgehead atoms. The van der Waals surface area contributed by atoms with Crippen molar-refractivity contribution in [2.24, 2.45) is 0 Å². The van der Waals surface area contributed by atoms with Crippen molar-refractivity contribution >= 4 is 32.3 Å². The lowest BCUT2D eigenvalue weighted by atomic mass is 10.2. The maximum Gasteiger partial charge on any atom is 0.326 e. The van der Waals surface area contributed by atoms with E-state index in [9.17, 15) is 9.59 Å². The van der Waals surface area contributed by atoms with Gasteiger partial charge in [-0.25, -0.2) is 9.31 Å². The lowest BCUT2D eigenvalue weighted by molar-refractivity contribution is 0.936. The van der Waals surface area contributed by atoms with E-state index in [1.54, 1.807) is 22.8 Å². The minimum absolute atomic E-state index is 0.417. The summed E-state index contributed by atoms with van der Waals surface area (Å²) in [6.45, 7) is 0. The molecule has 3 heterocycles. The highest BCUT2D eigenvalue weighted by atomic mass is 79.9. The van der Waals surface area contributed by atoms with Gasteiger partial charge in [0.05, 0.1) is 22.6 Å². The van der Waals surface area contributed by atoms with E-state index in [2.05, 4.69) is 31.0 Å². The summed E-state index contributed by atoms with van der Waals surface area (Å²) in [5, 5.41) is 4.47. The van der Waals surface area contributed by atoms with Gasteiger partial charge in [0.2, 0.25) is 0 Å². The van der Waals surface area contributed by atoms with Gasteiger partial charge in [0.15, 0.2) is 0 Å².